The van der Waals surface area contributed by atoms with Crippen LogP contribution in [0.5, 0.6) is 11.5 Å². The van der Waals surface area contributed by atoms with Crippen LogP contribution in [0.2, 0.25) is 0 Å². The lowest BCUT2D eigenvalue weighted by atomic mass is 10.2. The van der Waals surface area contributed by atoms with E-state index < -0.39 is 9.85 Å². The highest BCUT2D eigenvalue weighted by Crippen LogP contribution is 2.37. The van der Waals surface area contributed by atoms with Crippen molar-refractivity contribution in [3.8, 4) is 11.5 Å². The lowest BCUT2D eigenvalue weighted by molar-refractivity contribution is -0.385. The number of nitrogens with zero attached hydrogens (tertiary/aromatic N) is 3. The number of hydrazone groups is 1. The summed E-state index contributed by atoms with van der Waals surface area (Å²) in [6.07, 6.45) is 1.33. The molecule has 0 aliphatic carbocycles. The minimum Gasteiger partial charge on any atom is -0.493 e. The summed E-state index contributed by atoms with van der Waals surface area (Å²) in [5, 5.41) is 25.8. The zero-order valence-electron chi connectivity index (χ0n) is 13.3. The largest absolute Gasteiger partial charge is 0.493 e. The molecule has 2 aromatic rings. The van der Waals surface area contributed by atoms with Gasteiger partial charge in [0.25, 0.3) is 5.69 Å². The van der Waals surface area contributed by atoms with Crippen LogP contribution < -0.4 is 14.9 Å². The smallest absolute Gasteiger partial charge is 0.315 e. The summed E-state index contributed by atoms with van der Waals surface area (Å²) >= 11 is 0. The maximum absolute atomic E-state index is 11.1. The third kappa shape index (κ3) is 4.19. The Hall–Kier alpha value is -3.69. The van der Waals surface area contributed by atoms with E-state index in [2.05, 4.69) is 10.5 Å². The number of nitro benzene ring substituents is 2. The first-order valence-corrected chi connectivity index (χ1v) is 6.90. The van der Waals surface area contributed by atoms with Crippen LogP contribution in [0.15, 0.2) is 41.5 Å². The summed E-state index contributed by atoms with van der Waals surface area (Å²) in [5.74, 6) is 0.199. The van der Waals surface area contributed by atoms with E-state index >= 15 is 0 Å². The summed E-state index contributed by atoms with van der Waals surface area (Å²) in [4.78, 5) is 20.8. The minimum atomic E-state index is -0.591. The molecule has 10 nitrogen and oxygen atoms in total. The van der Waals surface area contributed by atoms with Gasteiger partial charge in [-0.3, -0.25) is 25.7 Å². The van der Waals surface area contributed by atoms with Crippen molar-refractivity contribution >= 4 is 23.3 Å². The topological polar surface area (TPSA) is 129 Å². The average molecular weight is 346 g/mol. The second-order valence-electron chi connectivity index (χ2n) is 4.71. The van der Waals surface area contributed by atoms with Crippen LogP contribution >= 0.6 is 0 Å². The molecule has 130 valence electrons. The maximum atomic E-state index is 11.1. The van der Waals surface area contributed by atoms with Crippen LogP contribution in [0.1, 0.15) is 5.56 Å². The van der Waals surface area contributed by atoms with Crippen molar-refractivity contribution in [2.45, 2.75) is 0 Å². The molecule has 10 heteroatoms. The van der Waals surface area contributed by atoms with Gasteiger partial charge >= 0.3 is 5.69 Å². The molecule has 2 aromatic carbocycles. The molecule has 25 heavy (non-hydrogen) atoms. The first kappa shape index (κ1) is 17.7. The fourth-order valence-corrected chi connectivity index (χ4v) is 2.05. The molecule has 0 saturated carbocycles. The van der Waals surface area contributed by atoms with Crippen molar-refractivity contribution in [3.63, 3.8) is 0 Å². The van der Waals surface area contributed by atoms with Crippen LogP contribution in [0, 0.1) is 20.2 Å². The second-order valence-corrected chi connectivity index (χ2v) is 4.71. The number of hydrogen-bond acceptors (Lipinski definition) is 8. The summed E-state index contributed by atoms with van der Waals surface area (Å²) < 4.78 is 10.1. The van der Waals surface area contributed by atoms with Gasteiger partial charge in [-0.25, -0.2) is 0 Å². The molecule has 0 aromatic heterocycles. The lowest BCUT2D eigenvalue weighted by Gasteiger charge is -2.08. The Labute approximate surface area is 142 Å². The molecule has 0 saturated heterocycles. The Kier molecular flexibility index (Phi) is 5.46. The third-order valence-corrected chi connectivity index (χ3v) is 3.14. The van der Waals surface area contributed by atoms with Crippen molar-refractivity contribution < 1.29 is 19.3 Å². The normalized spacial score (nSPS) is 10.5. The fourth-order valence-electron chi connectivity index (χ4n) is 2.05. The van der Waals surface area contributed by atoms with E-state index in [-0.39, 0.29) is 22.9 Å². The number of rotatable bonds is 7. The molecule has 0 spiro atoms. The van der Waals surface area contributed by atoms with Crippen molar-refractivity contribution in [3.05, 3.63) is 62.2 Å². The van der Waals surface area contributed by atoms with Crippen LogP contribution in [0.4, 0.5) is 17.1 Å². The first-order chi connectivity index (χ1) is 12.0. The summed E-state index contributed by atoms with van der Waals surface area (Å²) in [6, 6.07) is 8.57. The molecule has 0 unspecified atom stereocenters. The number of anilines is 1. The van der Waals surface area contributed by atoms with E-state index in [1.165, 1.54) is 50.8 Å². The Morgan fingerprint density at radius 2 is 1.84 bits per heavy atom. The Morgan fingerprint density at radius 1 is 1.08 bits per heavy atom. The van der Waals surface area contributed by atoms with Gasteiger partial charge in [-0.15, -0.1) is 0 Å². The van der Waals surface area contributed by atoms with Gasteiger partial charge in [-0.2, -0.15) is 5.10 Å². The van der Waals surface area contributed by atoms with Crippen molar-refractivity contribution in [2.75, 3.05) is 19.6 Å². The molecule has 2 rings (SSSR count). The lowest BCUT2D eigenvalue weighted by Crippen LogP contribution is -1.99. The third-order valence-electron chi connectivity index (χ3n) is 3.14. The van der Waals surface area contributed by atoms with E-state index in [1.54, 1.807) is 6.07 Å². The summed E-state index contributed by atoms with van der Waals surface area (Å²) in [6.45, 7) is 0. The van der Waals surface area contributed by atoms with E-state index in [9.17, 15) is 20.2 Å². The molecule has 0 aliphatic rings. The summed E-state index contributed by atoms with van der Waals surface area (Å²) in [7, 11) is 2.67. The number of ether oxygens (including phenoxy) is 2. The van der Waals surface area contributed by atoms with Crippen molar-refractivity contribution in [1.29, 1.82) is 0 Å². The Morgan fingerprint density at radius 3 is 2.44 bits per heavy atom. The molecule has 1 N–H and O–H groups in total. The quantitative estimate of drug-likeness (QED) is 0.463. The monoisotopic (exact) mass is 346 g/mol. The highest BCUT2D eigenvalue weighted by Gasteiger charge is 2.21. The Balaban J connectivity index is 2.26. The van der Waals surface area contributed by atoms with Crippen molar-refractivity contribution in [2.24, 2.45) is 5.10 Å². The standard InChI is InChI=1S/C15H14N4O6/c1-24-14-7-10(6-13(19(22)23)15(14)25-2)9-16-17-11-4-3-5-12(8-11)18(20)21/h3-9,17H,1-2H3. The van der Waals surface area contributed by atoms with E-state index in [0.29, 0.717) is 11.3 Å². The van der Waals surface area contributed by atoms with Crippen LogP contribution in [0.3, 0.4) is 0 Å². The molecule has 0 fully saturated rings. The predicted molar refractivity (Wildman–Crippen MR) is 90.5 cm³/mol. The van der Waals surface area contributed by atoms with Gasteiger partial charge in [0.05, 0.1) is 36.0 Å². The SMILES string of the molecule is COc1cc(C=NNc2cccc([N+](=O)[O-])c2)cc([N+](=O)[O-])c1OC. The number of methoxy groups -OCH3 is 2. The predicted octanol–water partition coefficient (Wildman–Crippen LogP) is 2.97. The van der Waals surface area contributed by atoms with Gasteiger partial charge in [-0.05, 0) is 12.1 Å². The average Bonchev–Trinajstić information content (AvgIpc) is 2.61. The van der Waals surface area contributed by atoms with Gasteiger partial charge < -0.3 is 9.47 Å². The molecular weight excluding hydrogens is 332 g/mol. The molecule has 0 bridgehead atoms. The van der Waals surface area contributed by atoms with E-state index in [0.717, 1.165) is 0 Å². The highest BCUT2D eigenvalue weighted by atomic mass is 16.6. The highest BCUT2D eigenvalue weighted by molar-refractivity contribution is 5.83. The second kappa shape index (κ2) is 7.73. The van der Waals surface area contributed by atoms with Crippen molar-refractivity contribution in [1.82, 2.24) is 0 Å². The van der Waals surface area contributed by atoms with Crippen LogP contribution in [0.25, 0.3) is 0 Å². The Bertz CT molecular complexity index is 837. The fraction of sp³-hybridized carbons (Fsp3) is 0.133. The van der Waals surface area contributed by atoms with Gasteiger partial charge in [0.1, 0.15) is 0 Å². The molecule has 0 atom stereocenters. The maximum Gasteiger partial charge on any atom is 0.315 e. The molecule has 0 radical (unpaired) electrons. The summed E-state index contributed by atoms with van der Waals surface area (Å²) in [5.41, 5.74) is 3.07. The number of nitro groups is 2. The molecule has 0 amide bonds. The zero-order valence-corrected chi connectivity index (χ0v) is 13.3. The first-order valence-electron chi connectivity index (χ1n) is 6.90. The number of hydrogen-bond donors (Lipinski definition) is 1. The molecule has 0 aliphatic heterocycles. The van der Waals surface area contributed by atoms with Gasteiger partial charge in [-0.1, -0.05) is 6.07 Å². The van der Waals surface area contributed by atoms with Gasteiger partial charge in [0.2, 0.25) is 5.75 Å². The van der Waals surface area contributed by atoms with E-state index in [4.69, 9.17) is 9.47 Å². The minimum absolute atomic E-state index is 0.0105. The van der Waals surface area contributed by atoms with Crippen LogP contribution in [-0.4, -0.2) is 30.3 Å². The van der Waals surface area contributed by atoms with Gasteiger partial charge in [0, 0.05) is 23.8 Å². The van der Waals surface area contributed by atoms with Crippen LogP contribution in [-0.2, 0) is 0 Å². The van der Waals surface area contributed by atoms with Gasteiger partial charge in [0.15, 0.2) is 5.75 Å². The van der Waals surface area contributed by atoms with E-state index in [1.807, 2.05) is 0 Å². The number of nitrogens with one attached hydrogen (secondary N) is 1. The number of benzene rings is 2. The number of non-ortho nitro benzene ring substituents is 1. The molecule has 0 heterocycles. The molecular formula is C15H14N4O6. The zero-order chi connectivity index (χ0) is 18.4.